The van der Waals surface area contributed by atoms with Gasteiger partial charge in [0.15, 0.2) is 9.84 Å². The van der Waals surface area contributed by atoms with Crippen molar-refractivity contribution in [2.45, 2.75) is 69.6 Å². The first-order valence-electron chi connectivity index (χ1n) is 12.6. The van der Waals surface area contributed by atoms with Crippen LogP contribution in [0.25, 0.3) is 21.3 Å². The standard InChI is InChI=1S/C27H35N3O3S2/c1-27(2)15-18(9-12-35(27,32)33)23-16-29-25-21(23)13-19(14-22(25)26(28)31)24-8-7-20(34-24)17-30-10-5-3-4-6-11-30/h7-8,13-14,16,18,29H,3-6,9-12,15,17H2,1-2H3,(H2,28,31). The van der Waals surface area contributed by atoms with Crippen LogP contribution in [0.2, 0.25) is 0 Å². The number of rotatable bonds is 5. The largest absolute Gasteiger partial charge is 0.366 e. The first kappa shape index (κ1) is 24.5. The fourth-order valence-electron chi connectivity index (χ4n) is 5.72. The monoisotopic (exact) mass is 513 g/mol. The molecule has 2 aromatic heterocycles. The third kappa shape index (κ3) is 4.80. The number of nitrogens with one attached hydrogen (secondary N) is 1. The molecule has 35 heavy (non-hydrogen) atoms. The van der Waals surface area contributed by atoms with Crippen LogP contribution in [0.3, 0.4) is 0 Å². The lowest BCUT2D eigenvalue weighted by Gasteiger charge is -2.34. The molecule has 1 aromatic carbocycles. The predicted molar refractivity (Wildman–Crippen MR) is 144 cm³/mol. The molecule has 3 N–H and O–H groups in total. The molecule has 3 aromatic rings. The molecule has 0 aliphatic carbocycles. The zero-order valence-corrected chi connectivity index (χ0v) is 22.2. The summed E-state index contributed by atoms with van der Waals surface area (Å²) in [6.07, 6.45) is 8.29. The van der Waals surface area contributed by atoms with E-state index in [1.807, 2.05) is 26.1 Å². The van der Waals surface area contributed by atoms with E-state index in [4.69, 9.17) is 5.73 Å². The van der Waals surface area contributed by atoms with Gasteiger partial charge in [-0.05, 0) is 93.9 Å². The second-order valence-corrected chi connectivity index (χ2v) is 14.7. The molecule has 4 heterocycles. The Hall–Kier alpha value is -2.16. The number of carbonyl (C=O) groups excluding carboxylic acids is 1. The predicted octanol–water partition coefficient (Wildman–Crippen LogP) is 5.44. The molecule has 188 valence electrons. The van der Waals surface area contributed by atoms with Crippen LogP contribution in [-0.4, -0.2) is 47.8 Å². The maximum absolute atomic E-state index is 12.6. The topological polar surface area (TPSA) is 96.3 Å². The number of thiophene rings is 1. The van der Waals surface area contributed by atoms with E-state index in [2.05, 4.69) is 28.1 Å². The van der Waals surface area contributed by atoms with Gasteiger partial charge in [-0.15, -0.1) is 11.3 Å². The number of hydrogen-bond donors (Lipinski definition) is 2. The number of hydrogen-bond acceptors (Lipinski definition) is 5. The Balaban J connectivity index is 1.49. The number of primary amides is 1. The van der Waals surface area contributed by atoms with Crippen LogP contribution in [0, 0.1) is 0 Å². The number of H-pyrrole nitrogens is 1. The number of likely N-dealkylation sites (tertiary alicyclic amines) is 1. The van der Waals surface area contributed by atoms with Gasteiger partial charge >= 0.3 is 0 Å². The molecule has 2 aliphatic rings. The second-order valence-electron chi connectivity index (χ2n) is 10.8. The lowest BCUT2D eigenvalue weighted by Crippen LogP contribution is -2.40. The van der Waals surface area contributed by atoms with E-state index in [0.717, 1.165) is 46.5 Å². The number of sulfone groups is 1. The summed E-state index contributed by atoms with van der Waals surface area (Å²) in [6.45, 7) is 6.93. The van der Waals surface area contributed by atoms with Crippen molar-refractivity contribution in [1.29, 1.82) is 0 Å². The van der Waals surface area contributed by atoms with Crippen molar-refractivity contribution in [3.8, 4) is 10.4 Å². The van der Waals surface area contributed by atoms with Crippen molar-refractivity contribution >= 4 is 38.0 Å². The van der Waals surface area contributed by atoms with Crippen LogP contribution in [0.15, 0.2) is 30.5 Å². The summed E-state index contributed by atoms with van der Waals surface area (Å²) >= 11 is 1.78. The highest BCUT2D eigenvalue weighted by Gasteiger charge is 2.41. The molecule has 5 rings (SSSR count). The molecule has 0 bridgehead atoms. The van der Waals surface area contributed by atoms with Gasteiger partial charge in [0, 0.05) is 27.9 Å². The molecule has 0 saturated carbocycles. The van der Waals surface area contributed by atoms with Crippen molar-refractivity contribution in [2.24, 2.45) is 5.73 Å². The molecule has 1 amide bonds. The Labute approximate surface area is 211 Å². The average molecular weight is 514 g/mol. The Morgan fingerprint density at radius 3 is 2.60 bits per heavy atom. The minimum atomic E-state index is -3.11. The second kappa shape index (κ2) is 9.37. The SMILES string of the molecule is CC1(C)CC(c2c[nH]c3c(C(N)=O)cc(-c4ccc(CN5CCCCCC5)s4)cc23)CCS1(=O)=O. The summed E-state index contributed by atoms with van der Waals surface area (Å²) in [7, 11) is -3.11. The summed E-state index contributed by atoms with van der Waals surface area (Å²) in [5.41, 5.74) is 9.08. The first-order chi connectivity index (χ1) is 16.6. The van der Waals surface area contributed by atoms with Crippen molar-refractivity contribution < 1.29 is 13.2 Å². The molecule has 2 fully saturated rings. The summed E-state index contributed by atoms with van der Waals surface area (Å²) in [4.78, 5) is 20.7. The summed E-state index contributed by atoms with van der Waals surface area (Å²) < 4.78 is 24.4. The molecule has 0 radical (unpaired) electrons. The zero-order chi connectivity index (χ0) is 24.8. The molecule has 2 aliphatic heterocycles. The van der Waals surface area contributed by atoms with E-state index < -0.39 is 20.5 Å². The number of aromatic amines is 1. The van der Waals surface area contributed by atoms with Crippen LogP contribution in [0.5, 0.6) is 0 Å². The van der Waals surface area contributed by atoms with Crippen LogP contribution in [0.1, 0.15) is 79.1 Å². The maximum Gasteiger partial charge on any atom is 0.250 e. The molecule has 6 nitrogen and oxygen atoms in total. The highest BCUT2D eigenvalue weighted by atomic mass is 32.2. The minimum Gasteiger partial charge on any atom is -0.366 e. The van der Waals surface area contributed by atoms with Crippen molar-refractivity contribution in [3.63, 3.8) is 0 Å². The van der Waals surface area contributed by atoms with Crippen LogP contribution in [-0.2, 0) is 16.4 Å². The van der Waals surface area contributed by atoms with E-state index in [0.29, 0.717) is 18.4 Å². The van der Waals surface area contributed by atoms with Crippen LogP contribution >= 0.6 is 11.3 Å². The van der Waals surface area contributed by atoms with Crippen LogP contribution < -0.4 is 5.73 Å². The van der Waals surface area contributed by atoms with Gasteiger partial charge in [0.05, 0.1) is 21.6 Å². The molecule has 0 spiro atoms. The van der Waals surface area contributed by atoms with Crippen LogP contribution in [0.4, 0.5) is 0 Å². The van der Waals surface area contributed by atoms with Crippen molar-refractivity contribution in [2.75, 3.05) is 18.8 Å². The lowest BCUT2D eigenvalue weighted by atomic mass is 9.86. The van der Waals surface area contributed by atoms with Gasteiger partial charge < -0.3 is 10.7 Å². The molecular weight excluding hydrogens is 478 g/mol. The van der Waals surface area contributed by atoms with E-state index in [9.17, 15) is 13.2 Å². The third-order valence-electron chi connectivity index (χ3n) is 7.87. The lowest BCUT2D eigenvalue weighted by molar-refractivity contribution is 0.100. The van der Waals surface area contributed by atoms with Gasteiger partial charge in [-0.1, -0.05) is 12.8 Å². The van der Waals surface area contributed by atoms with Gasteiger partial charge in [-0.3, -0.25) is 9.69 Å². The quantitative estimate of drug-likeness (QED) is 0.475. The fraction of sp³-hybridized carbons (Fsp3) is 0.519. The summed E-state index contributed by atoms with van der Waals surface area (Å²) in [5, 5.41) is 0.971. The van der Waals surface area contributed by atoms with Crippen molar-refractivity contribution in [1.82, 2.24) is 9.88 Å². The Kier molecular flexibility index (Phi) is 6.57. The van der Waals surface area contributed by atoms with Gasteiger partial charge in [-0.25, -0.2) is 8.42 Å². The fourth-order valence-corrected chi connectivity index (χ4v) is 8.36. The normalized spacial score (nSPS) is 22.7. The highest BCUT2D eigenvalue weighted by molar-refractivity contribution is 7.92. The summed E-state index contributed by atoms with van der Waals surface area (Å²) in [5.74, 6) is -0.164. The maximum atomic E-state index is 12.6. The number of nitrogens with two attached hydrogens (primary N) is 1. The Morgan fingerprint density at radius 1 is 1.17 bits per heavy atom. The zero-order valence-electron chi connectivity index (χ0n) is 20.6. The minimum absolute atomic E-state index is 0.111. The number of amides is 1. The number of aromatic nitrogens is 1. The van der Waals surface area contributed by atoms with Gasteiger partial charge in [0.1, 0.15) is 0 Å². The van der Waals surface area contributed by atoms with Crippen molar-refractivity contribution in [3.05, 3.63) is 46.5 Å². The molecule has 1 unspecified atom stereocenters. The van der Waals surface area contributed by atoms with Gasteiger partial charge in [-0.2, -0.15) is 0 Å². The molecule has 8 heteroatoms. The van der Waals surface area contributed by atoms with E-state index >= 15 is 0 Å². The van der Waals surface area contributed by atoms with Gasteiger partial charge in [0.25, 0.3) is 5.91 Å². The Bertz CT molecular complexity index is 1350. The average Bonchev–Trinajstić information content (AvgIpc) is 3.36. The molecule has 2 saturated heterocycles. The Morgan fingerprint density at radius 2 is 1.91 bits per heavy atom. The number of carbonyl (C=O) groups is 1. The van der Waals surface area contributed by atoms with E-state index in [1.165, 1.54) is 30.6 Å². The first-order valence-corrected chi connectivity index (χ1v) is 15.1. The number of fused-ring (bicyclic) bond motifs is 1. The molecule has 1 atom stereocenters. The number of benzene rings is 1. The summed E-state index contributed by atoms with van der Waals surface area (Å²) in [6, 6.07) is 8.38. The van der Waals surface area contributed by atoms with E-state index in [-0.39, 0.29) is 11.7 Å². The molecular formula is C27H35N3O3S2. The highest BCUT2D eigenvalue weighted by Crippen LogP contribution is 2.43. The van der Waals surface area contributed by atoms with E-state index in [1.54, 1.807) is 11.3 Å². The number of nitrogens with zero attached hydrogens (tertiary/aromatic N) is 1. The van der Waals surface area contributed by atoms with Gasteiger partial charge in [0.2, 0.25) is 0 Å². The smallest absolute Gasteiger partial charge is 0.250 e. The third-order valence-corrected chi connectivity index (χ3v) is 11.6.